The van der Waals surface area contributed by atoms with E-state index >= 15 is 0 Å². The number of fused-ring (bicyclic) bond motifs is 1. The molecule has 0 unspecified atom stereocenters. The second-order valence-corrected chi connectivity index (χ2v) is 15.0. The number of rotatable bonds is 9. The van der Waals surface area contributed by atoms with E-state index in [0.717, 1.165) is 63.0 Å². The van der Waals surface area contributed by atoms with E-state index in [1.807, 2.05) is 11.0 Å². The summed E-state index contributed by atoms with van der Waals surface area (Å²) < 4.78 is 59.5. The van der Waals surface area contributed by atoms with E-state index in [4.69, 9.17) is 4.74 Å². The molecule has 0 atom stereocenters. The van der Waals surface area contributed by atoms with E-state index in [1.165, 1.54) is 25.3 Å². The molecule has 0 bridgehead atoms. The second kappa shape index (κ2) is 14.4. The van der Waals surface area contributed by atoms with Gasteiger partial charge < -0.3 is 35.0 Å². The molecule has 2 amide bonds. The predicted molar refractivity (Wildman–Crippen MR) is 183 cm³/mol. The third-order valence-electron chi connectivity index (χ3n) is 9.97. The highest BCUT2D eigenvalue weighted by Gasteiger charge is 2.38. The Bertz CT molecular complexity index is 1860. The number of benzene rings is 2. The molecule has 6 rings (SSSR count). The number of amides is 2. The number of ether oxygens (including phenoxy) is 1. The van der Waals surface area contributed by atoms with Gasteiger partial charge in [0.15, 0.2) is 0 Å². The molecule has 2 aromatic carbocycles. The summed E-state index contributed by atoms with van der Waals surface area (Å²) in [7, 11) is -1.35. The van der Waals surface area contributed by atoms with E-state index in [1.54, 1.807) is 24.9 Å². The Kier molecular flexibility index (Phi) is 10.3. The van der Waals surface area contributed by atoms with Gasteiger partial charge in [-0.15, -0.1) is 0 Å². The smallest absolute Gasteiger partial charge is 0.421 e. The lowest BCUT2D eigenvalue weighted by Gasteiger charge is -2.42. The zero-order valence-corrected chi connectivity index (χ0v) is 29.4. The molecule has 3 aliphatic rings. The lowest BCUT2D eigenvalue weighted by molar-refractivity contribution is -0.137. The molecule has 2 aliphatic heterocycles. The average molecular weight is 732 g/mol. The van der Waals surface area contributed by atoms with Crippen molar-refractivity contribution in [2.24, 2.45) is 0 Å². The number of carbonyl (C=O) groups is 2. The summed E-state index contributed by atoms with van der Waals surface area (Å²) in [5, 5.41) is 5.63. The maximum Gasteiger partial charge on any atom is 0.421 e. The monoisotopic (exact) mass is 731 g/mol. The van der Waals surface area contributed by atoms with E-state index in [0.29, 0.717) is 29.9 Å². The van der Waals surface area contributed by atoms with Gasteiger partial charge in [0.2, 0.25) is 11.9 Å². The Morgan fingerprint density at radius 3 is 2.35 bits per heavy atom. The molecular formula is C34H41F3N7O6P. The van der Waals surface area contributed by atoms with Crippen LogP contribution >= 0.6 is 7.60 Å². The molecule has 3 heterocycles. The standard InChI is InChI=1S/C34H41F3N7O6P/c1-20(45)43-12-14-44(15-13-43)23-7-5-22(6-8-23)24-9-11-28(30-25(24)18-42(2)32(30)46)39-31-26(34(35,36)37)17-38-33(41-31)40-27-10-4-21(16-29(27)50-3)19-51(47,48)49/h4,9-11,16-17,22-23H,5-8,12-15,18-19H2,1-3H3,(H2,47,48,49)(H2,38,39,40,41). The SMILES string of the molecule is COc1cc(CP(=O)(O)O)ccc1Nc1ncc(C(F)(F)F)c(Nc2ccc(C3CCC(N4CCN(C(C)=O)CC4)CC3)c3c2C(=O)N(C)C3)n1. The molecule has 17 heteroatoms. The molecule has 4 N–H and O–H groups in total. The molecule has 274 valence electrons. The molecule has 2 fully saturated rings. The highest BCUT2D eigenvalue weighted by molar-refractivity contribution is 7.50. The largest absolute Gasteiger partial charge is 0.495 e. The van der Waals surface area contributed by atoms with Crippen LogP contribution in [-0.2, 0) is 28.2 Å². The molecular weight excluding hydrogens is 690 g/mol. The fraction of sp³-hybridized carbons (Fsp3) is 0.471. The van der Waals surface area contributed by atoms with Crippen LogP contribution in [0.25, 0.3) is 0 Å². The van der Waals surface area contributed by atoms with Crippen LogP contribution in [0.4, 0.5) is 36.3 Å². The number of carbonyl (C=O) groups excluding carboxylic acids is 2. The van der Waals surface area contributed by atoms with Crippen molar-refractivity contribution in [3.63, 3.8) is 0 Å². The first-order valence-electron chi connectivity index (χ1n) is 16.7. The fourth-order valence-corrected chi connectivity index (χ4v) is 8.06. The van der Waals surface area contributed by atoms with Gasteiger partial charge in [0.25, 0.3) is 5.91 Å². The second-order valence-electron chi connectivity index (χ2n) is 13.3. The molecule has 1 aromatic heterocycles. The van der Waals surface area contributed by atoms with Gasteiger partial charge in [-0.25, -0.2) is 4.98 Å². The minimum Gasteiger partial charge on any atom is -0.495 e. The van der Waals surface area contributed by atoms with Crippen molar-refractivity contribution in [1.82, 2.24) is 24.7 Å². The number of methoxy groups -OCH3 is 1. The van der Waals surface area contributed by atoms with Crippen LogP contribution in [0.3, 0.4) is 0 Å². The van der Waals surface area contributed by atoms with E-state index in [2.05, 4.69) is 25.5 Å². The Morgan fingerprint density at radius 2 is 1.73 bits per heavy atom. The summed E-state index contributed by atoms with van der Waals surface area (Å²) in [6.07, 6.45) is -0.904. The van der Waals surface area contributed by atoms with Gasteiger partial charge in [0.1, 0.15) is 17.1 Å². The van der Waals surface area contributed by atoms with E-state index in [9.17, 15) is 37.1 Å². The number of hydrogen-bond donors (Lipinski definition) is 4. The summed E-state index contributed by atoms with van der Waals surface area (Å²) in [6, 6.07) is 8.29. The van der Waals surface area contributed by atoms with Gasteiger partial charge in [0.05, 0.1) is 30.2 Å². The number of alkyl halides is 3. The lowest BCUT2D eigenvalue weighted by atomic mass is 9.78. The van der Waals surface area contributed by atoms with Crippen molar-refractivity contribution in [2.75, 3.05) is 51.0 Å². The summed E-state index contributed by atoms with van der Waals surface area (Å²) in [6.45, 7) is 5.10. The van der Waals surface area contributed by atoms with Crippen LogP contribution < -0.4 is 15.4 Å². The summed E-state index contributed by atoms with van der Waals surface area (Å²) in [5.41, 5.74) is 1.78. The molecule has 0 spiro atoms. The average Bonchev–Trinajstić information content (AvgIpc) is 3.38. The molecule has 0 radical (unpaired) electrons. The lowest BCUT2D eigenvalue weighted by Crippen LogP contribution is -2.52. The molecule has 1 saturated heterocycles. The maximum atomic E-state index is 14.2. The van der Waals surface area contributed by atoms with Crippen LogP contribution in [0.15, 0.2) is 36.5 Å². The zero-order chi connectivity index (χ0) is 36.7. The van der Waals surface area contributed by atoms with Crippen molar-refractivity contribution in [1.29, 1.82) is 0 Å². The number of nitrogens with one attached hydrogen (secondary N) is 2. The Labute approximate surface area is 293 Å². The van der Waals surface area contributed by atoms with Crippen molar-refractivity contribution in [3.8, 4) is 5.75 Å². The van der Waals surface area contributed by atoms with Crippen molar-refractivity contribution >= 4 is 42.6 Å². The third-order valence-corrected chi connectivity index (χ3v) is 10.7. The molecule has 51 heavy (non-hydrogen) atoms. The van der Waals surface area contributed by atoms with Crippen molar-refractivity contribution in [2.45, 2.75) is 63.4 Å². The Hall–Kier alpha value is -4.24. The first-order chi connectivity index (χ1) is 24.1. The van der Waals surface area contributed by atoms with Crippen LogP contribution in [0.2, 0.25) is 0 Å². The summed E-state index contributed by atoms with van der Waals surface area (Å²) in [4.78, 5) is 57.8. The first kappa shape index (κ1) is 36.5. The quantitative estimate of drug-likeness (QED) is 0.208. The van der Waals surface area contributed by atoms with Gasteiger partial charge >= 0.3 is 13.8 Å². The summed E-state index contributed by atoms with van der Waals surface area (Å²) >= 11 is 0. The Balaban J connectivity index is 1.24. The molecule has 1 aliphatic carbocycles. The zero-order valence-electron chi connectivity index (χ0n) is 28.5. The number of hydrogen-bond acceptors (Lipinski definition) is 9. The van der Waals surface area contributed by atoms with E-state index < -0.39 is 31.3 Å². The van der Waals surface area contributed by atoms with Crippen LogP contribution in [0.1, 0.15) is 71.1 Å². The van der Waals surface area contributed by atoms with Crippen LogP contribution in [0.5, 0.6) is 5.75 Å². The van der Waals surface area contributed by atoms with Crippen molar-refractivity contribution in [3.05, 3.63) is 64.3 Å². The number of anilines is 4. The molecule has 13 nitrogen and oxygen atoms in total. The minimum atomic E-state index is -4.82. The maximum absolute atomic E-state index is 14.2. The number of aromatic nitrogens is 2. The van der Waals surface area contributed by atoms with Gasteiger partial charge in [-0.2, -0.15) is 18.2 Å². The highest BCUT2D eigenvalue weighted by Crippen LogP contribution is 2.44. The Morgan fingerprint density at radius 1 is 1.04 bits per heavy atom. The highest BCUT2D eigenvalue weighted by atomic mass is 31.2. The van der Waals surface area contributed by atoms with Gasteiger partial charge in [-0.3, -0.25) is 19.1 Å². The van der Waals surface area contributed by atoms with Gasteiger partial charge in [0, 0.05) is 58.9 Å². The van der Waals surface area contributed by atoms with Crippen LogP contribution in [-0.4, -0.2) is 92.6 Å². The summed E-state index contributed by atoms with van der Waals surface area (Å²) in [5.74, 6) is -0.589. The van der Waals surface area contributed by atoms with E-state index in [-0.39, 0.29) is 40.8 Å². The van der Waals surface area contributed by atoms with Gasteiger partial charge in [-0.05, 0) is 66.5 Å². The minimum absolute atomic E-state index is 0.0995. The van der Waals surface area contributed by atoms with Crippen LogP contribution in [0, 0.1) is 0 Å². The molecule has 3 aromatic rings. The predicted octanol–water partition coefficient (Wildman–Crippen LogP) is 5.44. The van der Waals surface area contributed by atoms with Gasteiger partial charge in [-0.1, -0.05) is 12.1 Å². The number of piperazine rings is 1. The normalized spacial score (nSPS) is 20.0. The number of halogens is 3. The topological polar surface area (TPSA) is 160 Å². The molecule has 1 saturated carbocycles. The third kappa shape index (κ3) is 8.14. The fourth-order valence-electron chi connectivity index (χ4n) is 7.39. The first-order valence-corrected chi connectivity index (χ1v) is 18.5. The number of nitrogens with zero attached hydrogens (tertiary/aromatic N) is 5. The van der Waals surface area contributed by atoms with Crippen molar-refractivity contribution < 1.29 is 41.8 Å².